The second-order valence-electron chi connectivity index (χ2n) is 13.1. The number of rotatable bonds is 9. The van der Waals surface area contributed by atoms with Crippen molar-refractivity contribution in [1.29, 1.82) is 5.41 Å². The minimum atomic E-state index is 0.409. The minimum Gasteiger partial charge on any atom is -0.357 e. The second-order valence-corrected chi connectivity index (χ2v) is 13.1. The van der Waals surface area contributed by atoms with Crippen LogP contribution < -0.4 is 4.90 Å². The van der Waals surface area contributed by atoms with E-state index in [1.54, 1.807) is 18.3 Å². The van der Waals surface area contributed by atoms with Gasteiger partial charge in [0, 0.05) is 42.0 Å². The number of aryl methyl sites for hydroxylation is 1. The first-order valence-electron chi connectivity index (χ1n) is 16.8. The van der Waals surface area contributed by atoms with E-state index in [1.807, 2.05) is 25.1 Å². The molecule has 2 aliphatic rings. The van der Waals surface area contributed by atoms with Gasteiger partial charge in [0.2, 0.25) is 0 Å². The summed E-state index contributed by atoms with van der Waals surface area (Å²) < 4.78 is 0. The van der Waals surface area contributed by atoms with Crippen LogP contribution in [0.5, 0.6) is 0 Å². The zero-order valence-electron chi connectivity index (χ0n) is 28.4. The lowest BCUT2D eigenvalue weighted by molar-refractivity contribution is 0.112. The molecule has 2 fully saturated rings. The van der Waals surface area contributed by atoms with E-state index in [9.17, 15) is 4.79 Å². The molecule has 1 N–H and O–H groups in total. The molecule has 3 aromatic rings. The summed E-state index contributed by atoms with van der Waals surface area (Å²) >= 11 is 0. The quantitative estimate of drug-likeness (QED) is 0.197. The third-order valence-electron chi connectivity index (χ3n) is 9.04. The molecule has 5 nitrogen and oxygen atoms in total. The Morgan fingerprint density at radius 2 is 1.70 bits per heavy atom. The number of aldehydes is 1. The third-order valence-corrected chi connectivity index (χ3v) is 9.04. The Hall–Kier alpha value is -3.31. The molecular formula is C39H56N4O. The molecule has 2 aromatic carbocycles. The SMILES string of the molecule is CCC(C)C.CCC1CCCN(c2ccc(C(=N)c3cc(C=O)ccc3C)cn2)CC1.CN(C)C(c1ccccc1)C1CC1. The molecule has 2 unspecified atom stereocenters. The van der Waals surface area contributed by atoms with E-state index in [1.165, 1.54) is 50.5 Å². The number of pyridine rings is 1. The molecule has 5 rings (SSSR count). The summed E-state index contributed by atoms with van der Waals surface area (Å²) in [6, 6.07) is 20.9. The van der Waals surface area contributed by atoms with Crippen LogP contribution in [0.3, 0.4) is 0 Å². The van der Waals surface area contributed by atoms with Crippen LogP contribution in [0.4, 0.5) is 5.82 Å². The van der Waals surface area contributed by atoms with Crippen molar-refractivity contribution >= 4 is 17.8 Å². The predicted molar refractivity (Wildman–Crippen MR) is 187 cm³/mol. The van der Waals surface area contributed by atoms with Crippen molar-refractivity contribution in [2.24, 2.45) is 17.8 Å². The van der Waals surface area contributed by atoms with E-state index >= 15 is 0 Å². The van der Waals surface area contributed by atoms with Crippen LogP contribution in [0.2, 0.25) is 0 Å². The number of carbonyl (C=O) groups is 1. The van der Waals surface area contributed by atoms with Gasteiger partial charge in [-0.15, -0.1) is 0 Å². The molecule has 1 aliphatic heterocycles. The smallest absolute Gasteiger partial charge is 0.150 e. The fraction of sp³-hybridized carbons (Fsp3) is 0.513. The Morgan fingerprint density at radius 1 is 1.00 bits per heavy atom. The van der Waals surface area contributed by atoms with E-state index in [4.69, 9.17) is 5.41 Å². The molecule has 2 heterocycles. The zero-order valence-corrected chi connectivity index (χ0v) is 28.4. The van der Waals surface area contributed by atoms with Crippen LogP contribution in [0, 0.1) is 30.1 Å². The summed E-state index contributed by atoms with van der Waals surface area (Å²) in [5.74, 6) is 3.62. The topological polar surface area (TPSA) is 60.3 Å². The molecule has 5 heteroatoms. The number of nitrogens with one attached hydrogen (secondary N) is 1. The Bertz CT molecular complexity index is 1280. The largest absolute Gasteiger partial charge is 0.357 e. The fourth-order valence-electron chi connectivity index (χ4n) is 5.72. The maximum Gasteiger partial charge on any atom is 0.150 e. The molecule has 44 heavy (non-hydrogen) atoms. The molecule has 2 atom stereocenters. The molecule has 1 aliphatic carbocycles. The molecule has 0 radical (unpaired) electrons. The van der Waals surface area contributed by atoms with Crippen LogP contribution in [0.15, 0.2) is 66.9 Å². The van der Waals surface area contributed by atoms with Crippen molar-refractivity contribution in [3.8, 4) is 0 Å². The lowest BCUT2D eigenvalue weighted by Gasteiger charge is -2.24. The summed E-state index contributed by atoms with van der Waals surface area (Å²) in [4.78, 5) is 20.4. The first-order valence-corrected chi connectivity index (χ1v) is 16.8. The molecular weight excluding hydrogens is 540 g/mol. The number of nitrogens with zero attached hydrogens (tertiary/aromatic N) is 3. The van der Waals surface area contributed by atoms with Crippen molar-refractivity contribution < 1.29 is 4.79 Å². The Balaban J connectivity index is 0.000000243. The molecule has 1 aromatic heterocycles. The average molecular weight is 597 g/mol. The molecule has 1 saturated carbocycles. The van der Waals surface area contributed by atoms with Crippen molar-refractivity contribution in [3.05, 3.63) is 94.7 Å². The van der Waals surface area contributed by atoms with Crippen LogP contribution >= 0.6 is 0 Å². The van der Waals surface area contributed by atoms with Crippen molar-refractivity contribution in [2.45, 2.75) is 85.6 Å². The van der Waals surface area contributed by atoms with Crippen LogP contribution in [0.25, 0.3) is 0 Å². The predicted octanol–water partition coefficient (Wildman–Crippen LogP) is 9.39. The monoisotopic (exact) mass is 596 g/mol. The van der Waals surface area contributed by atoms with E-state index < -0.39 is 0 Å². The Morgan fingerprint density at radius 3 is 2.25 bits per heavy atom. The maximum absolute atomic E-state index is 11.0. The van der Waals surface area contributed by atoms with Crippen LogP contribution in [-0.4, -0.2) is 49.1 Å². The lowest BCUT2D eigenvalue weighted by atomic mass is 9.97. The van der Waals surface area contributed by atoms with Crippen molar-refractivity contribution in [1.82, 2.24) is 9.88 Å². The second kappa shape index (κ2) is 17.9. The first-order chi connectivity index (χ1) is 21.2. The zero-order chi connectivity index (χ0) is 32.1. The van der Waals surface area contributed by atoms with E-state index in [0.717, 1.165) is 59.6 Å². The summed E-state index contributed by atoms with van der Waals surface area (Å²) in [6.45, 7) is 13.0. The standard InChI is InChI=1S/C22H27N3O.C12H17N.C5H12/c1-3-17-5-4-11-25(12-10-17)21-9-8-19(14-24-21)22(23)20-13-18(15-26)7-6-16(20)2;1-13(2)12(11-8-9-11)10-6-4-3-5-7-10;1-4-5(2)3/h6-9,13-15,17,23H,3-5,10-12H2,1-2H3;3-7,11-12H,8-9H2,1-2H3;5H,4H2,1-3H3. The van der Waals surface area contributed by atoms with Gasteiger partial charge in [-0.05, 0) is 100 Å². The number of hydrogen-bond donors (Lipinski definition) is 1. The van der Waals surface area contributed by atoms with Gasteiger partial charge in [0.15, 0.2) is 0 Å². The number of anilines is 1. The number of aromatic nitrogens is 1. The van der Waals surface area contributed by atoms with Crippen molar-refractivity contribution in [2.75, 3.05) is 32.1 Å². The van der Waals surface area contributed by atoms with Gasteiger partial charge in [-0.25, -0.2) is 4.98 Å². The van der Waals surface area contributed by atoms with Gasteiger partial charge in [0.1, 0.15) is 12.1 Å². The van der Waals surface area contributed by atoms with Crippen LogP contribution in [0.1, 0.15) is 111 Å². The summed E-state index contributed by atoms with van der Waals surface area (Å²) in [5, 5.41) is 8.52. The van der Waals surface area contributed by atoms with E-state index in [-0.39, 0.29) is 0 Å². The number of carbonyl (C=O) groups excluding carboxylic acids is 1. The average Bonchev–Trinajstić information content (AvgIpc) is 3.90. The summed E-state index contributed by atoms with van der Waals surface area (Å²) in [5.41, 5.74) is 5.02. The Kier molecular flexibility index (Phi) is 14.3. The maximum atomic E-state index is 11.0. The van der Waals surface area contributed by atoms with Gasteiger partial charge in [0.25, 0.3) is 0 Å². The van der Waals surface area contributed by atoms with E-state index in [0.29, 0.717) is 17.3 Å². The minimum absolute atomic E-state index is 0.409. The van der Waals surface area contributed by atoms with E-state index in [2.05, 4.69) is 86.9 Å². The third kappa shape index (κ3) is 10.7. The molecule has 0 amide bonds. The lowest BCUT2D eigenvalue weighted by Crippen LogP contribution is -2.25. The van der Waals surface area contributed by atoms with Gasteiger partial charge in [-0.1, -0.05) is 83.0 Å². The van der Waals surface area contributed by atoms with Gasteiger partial charge < -0.3 is 9.80 Å². The molecule has 238 valence electrons. The van der Waals surface area contributed by atoms with Crippen LogP contribution in [-0.2, 0) is 0 Å². The van der Waals surface area contributed by atoms with Gasteiger partial charge in [0.05, 0.1) is 5.71 Å². The van der Waals surface area contributed by atoms with Gasteiger partial charge >= 0.3 is 0 Å². The highest BCUT2D eigenvalue weighted by atomic mass is 16.1. The molecule has 0 spiro atoms. The summed E-state index contributed by atoms with van der Waals surface area (Å²) in [7, 11) is 4.35. The van der Waals surface area contributed by atoms with Gasteiger partial charge in [-0.2, -0.15) is 0 Å². The first kappa shape index (κ1) is 35.2. The fourth-order valence-corrected chi connectivity index (χ4v) is 5.72. The number of benzene rings is 2. The highest BCUT2D eigenvalue weighted by Gasteiger charge is 2.33. The normalized spacial score (nSPS) is 17.1. The molecule has 1 saturated heterocycles. The Labute approximate surface area is 267 Å². The van der Waals surface area contributed by atoms with Crippen molar-refractivity contribution in [3.63, 3.8) is 0 Å². The van der Waals surface area contributed by atoms with Gasteiger partial charge in [-0.3, -0.25) is 10.2 Å². The number of hydrogen-bond acceptors (Lipinski definition) is 5. The molecule has 0 bridgehead atoms. The highest BCUT2D eigenvalue weighted by molar-refractivity contribution is 6.12. The summed E-state index contributed by atoms with van der Waals surface area (Å²) in [6.07, 6.45) is 11.7. The highest BCUT2D eigenvalue weighted by Crippen LogP contribution is 2.43.